The molecule has 1 aliphatic rings. The minimum absolute atomic E-state index is 0.0910. The van der Waals surface area contributed by atoms with Crippen molar-refractivity contribution in [2.24, 2.45) is 0 Å². The lowest BCUT2D eigenvalue weighted by Gasteiger charge is -2.39. The van der Waals surface area contributed by atoms with E-state index >= 15 is 9.18 Å². The van der Waals surface area contributed by atoms with E-state index < -0.39 is 238 Å². The lowest BCUT2D eigenvalue weighted by atomic mass is 9.98. The van der Waals surface area contributed by atoms with Gasteiger partial charge in [-0.25, -0.2) is 8.78 Å². The first-order chi connectivity index (χ1) is 35.9. The SMILES string of the molecule is [2H]c1c([2H])c(F)c(F)c(CSc2c([2H])c(=O)c3c([2H])c([2H])c([2H])c([2H])c3n2C([2H])([2H])C(=O)N(Cc2c([2H])c([2H])c(-c3c([2H])c([2H])c(C(F)(F)F)c(C)c3[2H])c([2H])c2[2H])C2([2H])C([2H])([2H])C([2H])([2H])N(CCOC)C([2H])([2H])C2([2H])[2H])c1[2H]. The first kappa shape index (κ1) is 17.3. The predicted molar refractivity (Wildman–Crippen MR) is 198 cm³/mol. The summed E-state index contributed by atoms with van der Waals surface area (Å²) in [6, 6.07) is -25.4. The number of fused-ring (bicyclic) bond motifs is 1. The lowest BCUT2D eigenvalue weighted by molar-refractivity contribution is -0.138. The number of hydrogen-bond acceptors (Lipinski definition) is 5. The lowest BCUT2D eigenvalue weighted by Crippen LogP contribution is -2.48. The average Bonchev–Trinajstić information content (AvgIpc) is 3.55. The maximum absolute atomic E-state index is 15.8. The number of para-hydroxylation sites is 1. The number of rotatable bonds is 12. The summed E-state index contributed by atoms with van der Waals surface area (Å²) in [4.78, 5) is 29.1. The van der Waals surface area contributed by atoms with Gasteiger partial charge in [0.25, 0.3) is 0 Å². The molecule has 1 aromatic heterocycles. The normalized spacial score (nSPS) is 25.9. The van der Waals surface area contributed by atoms with Crippen LogP contribution in [0.5, 0.6) is 0 Å². The van der Waals surface area contributed by atoms with Crippen LogP contribution in [0.25, 0.3) is 22.0 Å². The van der Waals surface area contributed by atoms with E-state index in [9.17, 15) is 32.0 Å². The zero-order valence-corrected chi connectivity index (χ0v) is 28.0. The van der Waals surface area contributed by atoms with Gasteiger partial charge in [0, 0.05) is 72.9 Å². The van der Waals surface area contributed by atoms with Crippen LogP contribution in [-0.2, 0) is 34.5 Å². The number of aromatic nitrogens is 1. The van der Waals surface area contributed by atoms with E-state index in [2.05, 4.69) is 0 Å². The Morgan fingerprint density at radius 2 is 1.74 bits per heavy atom. The van der Waals surface area contributed by atoms with Gasteiger partial charge in [-0.05, 0) is 66.1 Å². The van der Waals surface area contributed by atoms with Gasteiger partial charge in [-0.2, -0.15) is 13.2 Å². The van der Waals surface area contributed by atoms with Crippen molar-refractivity contribution in [2.75, 3.05) is 33.3 Å². The summed E-state index contributed by atoms with van der Waals surface area (Å²) in [7, 11) is 1.02. The number of halogens is 5. The van der Waals surface area contributed by atoms with Gasteiger partial charge < -0.3 is 19.1 Å². The standard InChI is InChI=1S/C41H40F5N3O3S/c1-27-22-30(14-15-34(27)41(44,45)46)29-12-10-28(11-13-29)24-48(32-16-18-47(19-17-32)20-21-52-2)38(51)25-49-36-9-4-3-7-33(36)37(50)23-39(49)53-26-31-6-5-8-35(42)40(31)43/h3-15,22-23,32H,16-21,24-26H2,1-2H3/i3D,4D,5D,6D,7D,8D,9D,10D,11D,12D,13D,14D,15D,16D2,17D2,18D2,19D2,22D,23D,25D2,32D. The Bertz CT molecular complexity index is 3380. The second kappa shape index (κ2) is 16.7. The highest BCUT2D eigenvalue weighted by atomic mass is 32.2. The molecule has 4 aromatic carbocycles. The van der Waals surface area contributed by atoms with Gasteiger partial charge in [-0.3, -0.25) is 9.59 Å². The highest BCUT2D eigenvalue weighted by Gasteiger charge is 2.32. The van der Waals surface area contributed by atoms with Gasteiger partial charge in [0.05, 0.1) is 47.4 Å². The van der Waals surface area contributed by atoms with E-state index in [1.165, 1.54) is 0 Å². The van der Waals surface area contributed by atoms with E-state index in [0.717, 1.165) is 7.11 Å². The second-order valence-corrected chi connectivity index (χ2v) is 11.6. The van der Waals surface area contributed by atoms with Crippen molar-refractivity contribution < 1.29 is 67.1 Å². The van der Waals surface area contributed by atoms with Crippen molar-refractivity contribution in [3.05, 3.63) is 135 Å². The molecule has 12 heteroatoms. The van der Waals surface area contributed by atoms with Crippen LogP contribution in [0, 0.1) is 18.6 Å². The van der Waals surface area contributed by atoms with E-state index in [-0.39, 0.29) is 21.2 Å². The number of alkyl halides is 3. The van der Waals surface area contributed by atoms with Crippen molar-refractivity contribution >= 4 is 28.6 Å². The molecule has 6 nitrogen and oxygen atoms in total. The molecule has 53 heavy (non-hydrogen) atoms. The number of carbonyl (C=O) groups is 1. The molecule has 1 amide bonds. The number of likely N-dealkylation sites (tertiary alicyclic amines) is 1. The van der Waals surface area contributed by atoms with Crippen molar-refractivity contribution in [1.82, 2.24) is 14.4 Å². The number of benzene rings is 4. The van der Waals surface area contributed by atoms with Gasteiger partial charge >= 0.3 is 6.18 Å². The number of piperidine rings is 1. The van der Waals surface area contributed by atoms with Crippen molar-refractivity contribution in [2.45, 2.75) is 55.7 Å². The third-order valence-corrected chi connectivity index (χ3v) is 8.12. The van der Waals surface area contributed by atoms with Crippen LogP contribution in [0.1, 0.15) is 70.6 Å². The molecule has 1 aliphatic heterocycles. The number of carbonyl (C=O) groups excluding carboxylic acids is 1. The second-order valence-electron chi connectivity index (χ2n) is 10.7. The van der Waals surface area contributed by atoms with E-state index in [4.69, 9.17) is 30.8 Å². The number of methoxy groups -OCH3 is 1. The quantitative estimate of drug-likeness (QED) is 0.0939. The molecule has 0 saturated carbocycles. The number of hydrogen-bond donors (Lipinski definition) is 0. The van der Waals surface area contributed by atoms with E-state index in [0.29, 0.717) is 6.92 Å². The fraction of sp³-hybridized carbons (Fsp3) is 0.317. The molecule has 0 atom stereocenters. The summed E-state index contributed by atoms with van der Waals surface area (Å²) in [5.74, 6) is -7.89. The fourth-order valence-electron chi connectivity index (χ4n) is 4.55. The Morgan fingerprint density at radius 1 is 1.02 bits per heavy atom. The Balaban J connectivity index is 1.78. The molecule has 1 saturated heterocycles. The van der Waals surface area contributed by atoms with Crippen LogP contribution in [-0.4, -0.2) is 59.5 Å². The first-order valence-electron chi connectivity index (χ1n) is 27.9. The van der Waals surface area contributed by atoms with E-state index in [1.807, 2.05) is 0 Å². The van der Waals surface area contributed by atoms with Gasteiger partial charge in [0.15, 0.2) is 17.1 Å². The zero-order valence-electron chi connectivity index (χ0n) is 53.2. The molecule has 0 unspecified atom stereocenters. The van der Waals surface area contributed by atoms with Gasteiger partial charge in [0.2, 0.25) is 5.91 Å². The van der Waals surface area contributed by atoms with Crippen LogP contribution in [0.15, 0.2) is 100 Å². The minimum Gasteiger partial charge on any atom is -0.383 e. The van der Waals surface area contributed by atoms with Gasteiger partial charge in [0.1, 0.15) is 6.50 Å². The summed E-state index contributed by atoms with van der Waals surface area (Å²) in [6.45, 7) is -15.7. The number of nitrogens with zero attached hydrogens (tertiary/aromatic N) is 3. The van der Waals surface area contributed by atoms with Crippen molar-refractivity contribution in [1.29, 1.82) is 0 Å². The van der Waals surface area contributed by atoms with Crippen LogP contribution < -0.4 is 5.43 Å². The molecule has 0 spiro atoms. The van der Waals surface area contributed by atoms with Crippen LogP contribution in [0.2, 0.25) is 0 Å². The third kappa shape index (κ3) is 9.00. The summed E-state index contributed by atoms with van der Waals surface area (Å²) >= 11 is -0.160. The van der Waals surface area contributed by atoms with E-state index in [1.54, 1.807) is 0 Å². The number of pyridine rings is 1. The maximum atomic E-state index is 15.8. The van der Waals surface area contributed by atoms with Crippen molar-refractivity contribution in [3.63, 3.8) is 0 Å². The Hall–Kier alpha value is -4.52. The number of thioether (sulfide) groups is 1. The topological polar surface area (TPSA) is 54.8 Å². The summed E-state index contributed by atoms with van der Waals surface area (Å²) in [5, 5.41) is -2.63. The van der Waals surface area contributed by atoms with Crippen molar-refractivity contribution in [3.8, 4) is 11.1 Å². The highest BCUT2D eigenvalue weighted by molar-refractivity contribution is 7.98. The molecule has 278 valence electrons. The summed E-state index contributed by atoms with van der Waals surface area (Å²) in [6.07, 6.45) is -14.3. The molecule has 0 aliphatic carbocycles. The third-order valence-electron chi connectivity index (χ3n) is 7.12. The zero-order chi connectivity index (χ0) is 60.6. The van der Waals surface area contributed by atoms with Gasteiger partial charge in [-0.15, -0.1) is 11.8 Å². The van der Waals surface area contributed by atoms with Gasteiger partial charge in [-0.1, -0.05) is 60.4 Å². The Labute approximate surface area is 345 Å². The molecular formula is C41H40F5N3O3S. The minimum atomic E-state index is -5.34. The summed E-state index contributed by atoms with van der Waals surface area (Å²) < 4.78 is 307. The predicted octanol–water partition coefficient (Wildman–Crippen LogP) is 8.71. The van der Waals surface area contributed by atoms with Crippen LogP contribution in [0.4, 0.5) is 22.0 Å². The number of ether oxygens (including phenoxy) is 1. The molecule has 0 N–H and O–H groups in total. The monoisotopic (exact) mass is 775 g/mol. The maximum Gasteiger partial charge on any atom is 0.416 e. The molecule has 0 bridgehead atoms. The molecular weight excluding hydrogens is 710 g/mol. The first-order valence-corrected chi connectivity index (χ1v) is 15.9. The van der Waals surface area contributed by atoms with Crippen LogP contribution >= 0.6 is 11.8 Å². The Kier molecular flexibility index (Phi) is 5.44. The average molecular weight is 776 g/mol. The molecule has 1 fully saturated rings. The van der Waals surface area contributed by atoms with Crippen LogP contribution in [0.3, 0.4) is 0 Å². The summed E-state index contributed by atoms with van der Waals surface area (Å²) in [5.41, 5.74) is -10.6. The fourth-order valence-corrected chi connectivity index (χ4v) is 5.46. The molecule has 0 radical (unpaired) electrons. The molecule has 6 rings (SSSR count). The highest BCUT2D eigenvalue weighted by Crippen LogP contribution is 2.34. The smallest absolute Gasteiger partial charge is 0.383 e. The molecule has 2 heterocycles. The largest absolute Gasteiger partial charge is 0.416 e. The molecule has 5 aromatic rings. The number of amides is 1. The Morgan fingerprint density at radius 3 is 2.45 bits per heavy atom.